The minimum atomic E-state index is 0.730. The minimum absolute atomic E-state index is 0.730. The molecule has 0 spiro atoms. The van der Waals surface area contributed by atoms with Gasteiger partial charge in [0.25, 0.3) is 0 Å². The van der Waals surface area contributed by atoms with Crippen molar-refractivity contribution in [1.29, 1.82) is 5.26 Å². The van der Waals surface area contributed by atoms with Crippen molar-refractivity contribution >= 4 is 27.7 Å². The molecule has 0 unspecified atom stereocenters. The standard InChI is InChI=1S/C16H15BrN2S/c1-2-19-11-12-3-8-16(13(9-12)10-18)20-15-6-4-14(17)5-7-15/h3-9,19H,2,11H2,1H3. The number of nitrogens with zero attached hydrogens (tertiary/aromatic N) is 1. The smallest absolute Gasteiger partial charge is 0.100 e. The predicted octanol–water partition coefficient (Wildman–Crippen LogP) is 4.58. The molecule has 2 nitrogen and oxygen atoms in total. The van der Waals surface area contributed by atoms with E-state index < -0.39 is 0 Å². The molecule has 0 saturated heterocycles. The number of hydrogen-bond acceptors (Lipinski definition) is 3. The largest absolute Gasteiger partial charge is 0.313 e. The van der Waals surface area contributed by atoms with Crippen LogP contribution in [0.5, 0.6) is 0 Å². The predicted molar refractivity (Wildman–Crippen MR) is 86.8 cm³/mol. The van der Waals surface area contributed by atoms with Gasteiger partial charge in [0.2, 0.25) is 0 Å². The molecule has 2 rings (SSSR count). The van der Waals surface area contributed by atoms with E-state index in [0.717, 1.165) is 38.5 Å². The van der Waals surface area contributed by atoms with Crippen LogP contribution in [0.1, 0.15) is 18.1 Å². The number of halogens is 1. The van der Waals surface area contributed by atoms with Crippen LogP contribution < -0.4 is 5.32 Å². The fourth-order valence-electron chi connectivity index (χ4n) is 1.76. The van der Waals surface area contributed by atoms with Gasteiger partial charge in [-0.3, -0.25) is 0 Å². The Bertz CT molecular complexity index is 617. The average Bonchev–Trinajstić information content (AvgIpc) is 2.48. The van der Waals surface area contributed by atoms with Crippen molar-refractivity contribution in [3.05, 3.63) is 58.1 Å². The van der Waals surface area contributed by atoms with Crippen LogP contribution in [0.2, 0.25) is 0 Å². The van der Waals surface area contributed by atoms with Gasteiger partial charge in [-0.25, -0.2) is 0 Å². The lowest BCUT2D eigenvalue weighted by Gasteiger charge is -2.07. The van der Waals surface area contributed by atoms with Crippen LogP contribution >= 0.6 is 27.7 Å². The molecule has 20 heavy (non-hydrogen) atoms. The Morgan fingerprint density at radius 2 is 1.95 bits per heavy atom. The lowest BCUT2D eigenvalue weighted by Crippen LogP contribution is -2.11. The SMILES string of the molecule is CCNCc1ccc(Sc2ccc(Br)cc2)c(C#N)c1. The molecule has 0 aliphatic heterocycles. The molecule has 0 aromatic heterocycles. The van der Waals surface area contributed by atoms with E-state index in [0.29, 0.717) is 0 Å². The Morgan fingerprint density at radius 3 is 2.60 bits per heavy atom. The zero-order valence-corrected chi connectivity index (χ0v) is 13.6. The molecule has 0 saturated carbocycles. The summed E-state index contributed by atoms with van der Waals surface area (Å²) in [4.78, 5) is 2.12. The second kappa shape index (κ2) is 7.49. The lowest BCUT2D eigenvalue weighted by atomic mass is 10.1. The number of rotatable bonds is 5. The summed E-state index contributed by atoms with van der Waals surface area (Å²) in [5.74, 6) is 0. The van der Waals surface area contributed by atoms with Gasteiger partial charge in [-0.2, -0.15) is 5.26 Å². The molecule has 0 aliphatic rings. The fourth-order valence-corrected chi connectivity index (χ4v) is 2.90. The minimum Gasteiger partial charge on any atom is -0.313 e. The van der Waals surface area contributed by atoms with Crippen molar-refractivity contribution in [3.63, 3.8) is 0 Å². The van der Waals surface area contributed by atoms with Crippen molar-refractivity contribution in [2.24, 2.45) is 0 Å². The van der Waals surface area contributed by atoms with Gasteiger partial charge in [0.1, 0.15) is 6.07 Å². The molecule has 1 N–H and O–H groups in total. The number of benzene rings is 2. The summed E-state index contributed by atoms with van der Waals surface area (Å²) in [6, 6.07) is 16.5. The van der Waals surface area contributed by atoms with E-state index in [1.165, 1.54) is 0 Å². The normalized spacial score (nSPS) is 10.2. The van der Waals surface area contributed by atoms with Gasteiger partial charge >= 0.3 is 0 Å². The molecule has 0 bridgehead atoms. The zero-order valence-electron chi connectivity index (χ0n) is 11.2. The highest BCUT2D eigenvalue weighted by Crippen LogP contribution is 2.31. The Kier molecular flexibility index (Phi) is 5.66. The maximum atomic E-state index is 9.30. The maximum Gasteiger partial charge on any atom is 0.100 e. The van der Waals surface area contributed by atoms with Gasteiger partial charge in [0.15, 0.2) is 0 Å². The Labute approximate surface area is 132 Å². The highest BCUT2D eigenvalue weighted by atomic mass is 79.9. The van der Waals surface area contributed by atoms with Gasteiger partial charge in [0.05, 0.1) is 5.56 Å². The molecule has 2 aromatic carbocycles. The Morgan fingerprint density at radius 1 is 1.20 bits per heavy atom. The third-order valence-corrected chi connectivity index (χ3v) is 4.40. The molecule has 0 heterocycles. The highest BCUT2D eigenvalue weighted by molar-refractivity contribution is 9.10. The Hall–Kier alpha value is -1.28. The van der Waals surface area contributed by atoms with Crippen LogP contribution in [0.3, 0.4) is 0 Å². The third-order valence-electron chi connectivity index (χ3n) is 2.78. The van der Waals surface area contributed by atoms with Crippen molar-refractivity contribution in [2.45, 2.75) is 23.3 Å². The van der Waals surface area contributed by atoms with Crippen molar-refractivity contribution < 1.29 is 0 Å². The summed E-state index contributed by atoms with van der Waals surface area (Å²) >= 11 is 5.04. The van der Waals surface area contributed by atoms with Gasteiger partial charge in [0, 0.05) is 20.8 Å². The molecular weight excluding hydrogens is 332 g/mol. The summed E-state index contributed by atoms with van der Waals surface area (Å²) in [6.07, 6.45) is 0. The van der Waals surface area contributed by atoms with Gasteiger partial charge in [-0.1, -0.05) is 40.7 Å². The lowest BCUT2D eigenvalue weighted by molar-refractivity contribution is 0.726. The van der Waals surface area contributed by atoms with Crippen LogP contribution in [0.25, 0.3) is 0 Å². The van der Waals surface area contributed by atoms with Crippen LogP contribution in [0.4, 0.5) is 0 Å². The maximum absolute atomic E-state index is 9.30. The topological polar surface area (TPSA) is 35.8 Å². The molecule has 0 amide bonds. The van der Waals surface area contributed by atoms with E-state index in [1.807, 2.05) is 36.4 Å². The fraction of sp³-hybridized carbons (Fsp3) is 0.188. The highest BCUT2D eigenvalue weighted by Gasteiger charge is 2.05. The van der Waals surface area contributed by atoms with Crippen molar-refractivity contribution in [3.8, 4) is 6.07 Å². The van der Waals surface area contributed by atoms with E-state index in [4.69, 9.17) is 0 Å². The van der Waals surface area contributed by atoms with Crippen molar-refractivity contribution in [2.75, 3.05) is 6.54 Å². The van der Waals surface area contributed by atoms with E-state index in [1.54, 1.807) is 11.8 Å². The second-order valence-electron chi connectivity index (χ2n) is 4.28. The van der Waals surface area contributed by atoms with Crippen LogP contribution in [-0.2, 0) is 6.54 Å². The van der Waals surface area contributed by atoms with Crippen LogP contribution in [0.15, 0.2) is 56.7 Å². The number of nitrogens with one attached hydrogen (secondary N) is 1. The molecule has 0 atom stereocenters. The summed E-state index contributed by atoms with van der Waals surface area (Å²) in [5.41, 5.74) is 1.87. The van der Waals surface area contributed by atoms with E-state index >= 15 is 0 Å². The molecule has 2 aromatic rings. The average molecular weight is 347 g/mol. The van der Waals surface area contributed by atoms with Crippen molar-refractivity contribution in [1.82, 2.24) is 5.32 Å². The second-order valence-corrected chi connectivity index (χ2v) is 6.31. The van der Waals surface area contributed by atoms with Gasteiger partial charge in [-0.05, 0) is 48.5 Å². The van der Waals surface area contributed by atoms with Gasteiger partial charge < -0.3 is 5.32 Å². The first kappa shape index (κ1) is 15.1. The number of hydrogen-bond donors (Lipinski definition) is 1. The van der Waals surface area contributed by atoms with E-state index in [9.17, 15) is 5.26 Å². The Balaban J connectivity index is 2.19. The summed E-state index contributed by atoms with van der Waals surface area (Å²) in [6.45, 7) is 3.80. The number of nitriles is 1. The summed E-state index contributed by atoms with van der Waals surface area (Å²) < 4.78 is 1.06. The molecule has 0 fully saturated rings. The first-order valence-electron chi connectivity index (χ1n) is 6.40. The molecule has 4 heteroatoms. The van der Waals surface area contributed by atoms with E-state index in [2.05, 4.69) is 40.3 Å². The molecule has 0 aliphatic carbocycles. The molecule has 102 valence electrons. The molecule has 0 radical (unpaired) electrons. The van der Waals surface area contributed by atoms with Gasteiger partial charge in [-0.15, -0.1) is 0 Å². The molecular formula is C16H15BrN2S. The monoisotopic (exact) mass is 346 g/mol. The van der Waals surface area contributed by atoms with E-state index in [-0.39, 0.29) is 0 Å². The quantitative estimate of drug-likeness (QED) is 0.860. The first-order chi connectivity index (χ1) is 9.72. The zero-order chi connectivity index (χ0) is 14.4. The summed E-state index contributed by atoms with van der Waals surface area (Å²) in [5, 5.41) is 12.6. The van der Waals surface area contributed by atoms with Crippen LogP contribution in [0, 0.1) is 11.3 Å². The first-order valence-corrected chi connectivity index (χ1v) is 8.01. The summed E-state index contributed by atoms with van der Waals surface area (Å²) in [7, 11) is 0. The third kappa shape index (κ3) is 4.11. The van der Waals surface area contributed by atoms with Crippen LogP contribution in [-0.4, -0.2) is 6.54 Å².